The van der Waals surface area contributed by atoms with Crippen molar-refractivity contribution in [3.63, 3.8) is 0 Å². The Morgan fingerprint density at radius 1 is 0.304 bits per heavy atom. The molecule has 6 heterocycles. The van der Waals surface area contributed by atoms with Gasteiger partial charge in [-0.1, -0.05) is 357 Å². The van der Waals surface area contributed by atoms with Crippen LogP contribution in [0.2, 0.25) is 0 Å². The molecule has 12 aromatic rings. The third kappa shape index (κ3) is 30.3. The molecule has 678 valence electrons. The fourth-order valence-corrected chi connectivity index (χ4v) is 17.9. The summed E-state index contributed by atoms with van der Waals surface area (Å²) in [4.78, 5) is 35.0. The first-order valence-corrected chi connectivity index (χ1v) is 49.8. The van der Waals surface area contributed by atoms with Gasteiger partial charge in [-0.25, -0.2) is 24.9 Å². The molecule has 6 aromatic heterocycles. The fourth-order valence-electron chi connectivity index (χ4n) is 17.9. The van der Waals surface area contributed by atoms with Crippen molar-refractivity contribution in [2.75, 3.05) is 31.1 Å². The van der Waals surface area contributed by atoms with Crippen molar-refractivity contribution in [2.24, 2.45) is 5.41 Å². The van der Waals surface area contributed by atoms with E-state index < -0.39 is 0 Å². The quantitative estimate of drug-likeness (QED) is 0.0311. The van der Waals surface area contributed by atoms with Crippen molar-refractivity contribution in [3.8, 4) is 0 Å². The number of nitrogens with two attached hydrogens (primary N) is 2. The molecule has 0 amide bonds. The van der Waals surface area contributed by atoms with Gasteiger partial charge >= 0.3 is 0 Å². The molecule has 0 aliphatic rings. The summed E-state index contributed by atoms with van der Waals surface area (Å²) >= 11 is 0. The molecule has 0 saturated carbocycles. The number of rotatable bonds is 51. The highest BCUT2D eigenvalue weighted by molar-refractivity contribution is 6.08. The van der Waals surface area contributed by atoms with E-state index >= 15 is 0 Å². The standard InChI is InChI=1S/C38H56N4.C37H55N5.C36H53N5/c1-6-8-10-11-12-13-14-15-18-26-39-28-30-22-24-31(25-23-30)29-42-35(21-9-7-2)41-36-34(27-38(3,4)5)40-33-20-17-16-19-32(33)37(36)42;1-6-8-10-11-12-13-14-15-18-26-41(37(3,4)5)27-29-22-24-30(25-23-29)28-42-33(21-9-7-2)40-34-35(42)31-19-16-17-20-32(31)39-36(34)38;1-6-8-10-11-12-13-14-17-25-40(36(3,4)5)26-28-21-23-29(24-22-28)27-41-32(20-9-7-2)39-33-34(41)30-18-15-16-19-31(30)38-35(33)37/h16-17,19-20,22-25,39H,6-15,18,21,26-29H2,1-5H3;16-17,19-20,22-25H,6-15,18,21,26-28H2,1-5H3,(H2,38,39);15-16,18-19,21-24H,6-14,17,20,25-27H2,1-5H3,(H2,37,38). The Morgan fingerprint density at radius 3 is 0.928 bits per heavy atom. The third-order valence-corrected chi connectivity index (χ3v) is 25.4. The number of fused-ring (bicyclic) bond motifs is 9. The Labute approximate surface area is 755 Å². The Morgan fingerprint density at radius 2 is 0.592 bits per heavy atom. The number of aryl methyl sites for hydroxylation is 3. The Hall–Kier alpha value is -8.56. The minimum absolute atomic E-state index is 0.146. The topological polar surface area (TPSA) is 163 Å². The van der Waals surface area contributed by atoms with E-state index in [4.69, 9.17) is 31.4 Å². The maximum Gasteiger partial charge on any atom is 0.152 e. The van der Waals surface area contributed by atoms with Crippen molar-refractivity contribution in [3.05, 3.63) is 202 Å². The minimum atomic E-state index is 0.146. The van der Waals surface area contributed by atoms with Gasteiger partial charge in [0.2, 0.25) is 0 Å². The smallest absolute Gasteiger partial charge is 0.152 e. The molecule has 0 bridgehead atoms. The van der Waals surface area contributed by atoms with Crippen LogP contribution in [0.25, 0.3) is 65.8 Å². The summed E-state index contributed by atoms with van der Waals surface area (Å²) in [5.74, 6) is 4.42. The van der Waals surface area contributed by atoms with Crippen LogP contribution in [0.15, 0.2) is 146 Å². The van der Waals surface area contributed by atoms with Gasteiger partial charge in [-0.15, -0.1) is 0 Å². The van der Waals surface area contributed by atoms with E-state index in [1.807, 2.05) is 24.3 Å². The van der Waals surface area contributed by atoms with Crippen LogP contribution in [-0.2, 0) is 65.0 Å². The van der Waals surface area contributed by atoms with Gasteiger partial charge in [0.05, 0.1) is 38.8 Å². The first-order chi connectivity index (χ1) is 60.5. The summed E-state index contributed by atoms with van der Waals surface area (Å²) in [7, 11) is 0. The Bertz CT molecular complexity index is 5120. The molecule has 5 N–H and O–H groups in total. The lowest BCUT2D eigenvalue weighted by Crippen LogP contribution is -2.41. The molecule has 0 spiro atoms. The normalized spacial score (nSPS) is 12.2. The van der Waals surface area contributed by atoms with Gasteiger partial charge in [0.15, 0.2) is 11.6 Å². The van der Waals surface area contributed by atoms with Gasteiger partial charge in [0.1, 0.15) is 34.0 Å². The van der Waals surface area contributed by atoms with Crippen LogP contribution in [0, 0.1) is 5.41 Å². The molecule has 0 fully saturated rings. The Balaban J connectivity index is 0.000000196. The van der Waals surface area contributed by atoms with Crippen molar-refractivity contribution in [1.29, 1.82) is 0 Å². The summed E-state index contributed by atoms with van der Waals surface area (Å²) in [5.41, 5.74) is 31.5. The summed E-state index contributed by atoms with van der Waals surface area (Å²) in [6.45, 7) is 43.3. The number of hydrogen-bond acceptors (Lipinski definition) is 11. The maximum atomic E-state index is 6.42. The number of imidazole rings is 3. The van der Waals surface area contributed by atoms with Crippen LogP contribution in [0.4, 0.5) is 11.6 Å². The summed E-state index contributed by atoms with van der Waals surface area (Å²) < 4.78 is 7.24. The fraction of sp³-hybridized carbons (Fsp3) is 0.568. The first-order valence-electron chi connectivity index (χ1n) is 49.8. The van der Waals surface area contributed by atoms with Gasteiger partial charge in [-0.3, -0.25) is 14.8 Å². The summed E-state index contributed by atoms with van der Waals surface area (Å²) in [5, 5.41) is 7.10. The molecular formula is C111H164N14. The zero-order valence-electron chi connectivity index (χ0n) is 80.8. The number of pyridine rings is 3. The van der Waals surface area contributed by atoms with E-state index in [0.717, 1.165) is 195 Å². The highest BCUT2D eigenvalue weighted by atomic mass is 15.2. The number of para-hydroxylation sites is 3. The van der Waals surface area contributed by atoms with Crippen molar-refractivity contribution < 1.29 is 0 Å². The van der Waals surface area contributed by atoms with Gasteiger partial charge < -0.3 is 30.5 Å². The van der Waals surface area contributed by atoms with Crippen LogP contribution in [0.3, 0.4) is 0 Å². The lowest BCUT2D eigenvalue weighted by atomic mass is 9.89. The maximum absolute atomic E-state index is 6.42. The zero-order valence-corrected chi connectivity index (χ0v) is 80.8. The third-order valence-electron chi connectivity index (χ3n) is 25.4. The minimum Gasteiger partial charge on any atom is -0.382 e. The molecule has 14 heteroatoms. The second-order valence-electron chi connectivity index (χ2n) is 39.5. The molecule has 0 atom stereocenters. The molecule has 125 heavy (non-hydrogen) atoms. The molecule has 0 radical (unpaired) electrons. The zero-order chi connectivity index (χ0) is 89.0. The largest absolute Gasteiger partial charge is 0.382 e. The second kappa shape index (κ2) is 50.8. The number of aromatic nitrogens is 9. The van der Waals surface area contributed by atoms with E-state index in [1.165, 1.54) is 217 Å². The monoisotopic (exact) mass is 1690 g/mol. The number of anilines is 2. The molecular weight excluding hydrogens is 1530 g/mol. The van der Waals surface area contributed by atoms with Crippen LogP contribution >= 0.6 is 0 Å². The van der Waals surface area contributed by atoms with Crippen LogP contribution in [-0.4, -0.2) is 84.1 Å². The van der Waals surface area contributed by atoms with Gasteiger partial charge in [-0.2, -0.15) is 0 Å². The van der Waals surface area contributed by atoms with Crippen molar-refractivity contribution >= 4 is 77.4 Å². The summed E-state index contributed by atoms with van der Waals surface area (Å²) in [6.07, 6.45) is 46.2. The lowest BCUT2D eigenvalue weighted by Gasteiger charge is -2.36. The molecule has 0 unspecified atom stereocenters. The van der Waals surface area contributed by atoms with Crippen LogP contribution in [0.5, 0.6) is 0 Å². The van der Waals surface area contributed by atoms with Crippen LogP contribution in [0.1, 0.15) is 366 Å². The van der Waals surface area contributed by atoms with E-state index in [2.05, 4.69) is 264 Å². The molecule has 0 aliphatic carbocycles. The number of nitrogens with zero attached hydrogens (tertiary/aromatic N) is 11. The molecule has 6 aromatic carbocycles. The van der Waals surface area contributed by atoms with Crippen molar-refractivity contribution in [1.82, 2.24) is 58.7 Å². The number of nitrogen functional groups attached to an aromatic ring is 2. The van der Waals surface area contributed by atoms with Crippen LogP contribution < -0.4 is 16.8 Å². The predicted octanol–water partition coefficient (Wildman–Crippen LogP) is 29.2. The molecule has 12 rings (SSSR count). The number of unbranched alkanes of at least 4 members (excludes halogenated alkanes) is 26. The van der Waals surface area contributed by atoms with Gasteiger partial charge in [0, 0.05) is 85.8 Å². The lowest BCUT2D eigenvalue weighted by molar-refractivity contribution is 0.124. The van der Waals surface area contributed by atoms with Gasteiger partial charge in [0.25, 0.3) is 0 Å². The molecule has 0 saturated heterocycles. The number of nitrogens with one attached hydrogen (secondary N) is 1. The Kier molecular flexibility index (Phi) is 40.1. The SMILES string of the molecule is CCCCCCCCCCCN(Cc1ccc(Cn2c(CCCC)nc3c(N)nc4ccccc4c32)cc1)C(C)(C)C.CCCCCCCCCCCNCc1ccc(Cn2c(CCCC)nc3c(CC(C)(C)C)nc4ccccc4c32)cc1.CCCCCCCCCCN(Cc1ccc(Cn2c(CCCC)nc3c(N)nc4ccccc4c32)cc1)C(C)(C)C. The number of benzene rings is 6. The number of hydrogen-bond donors (Lipinski definition) is 3. The highest BCUT2D eigenvalue weighted by Crippen LogP contribution is 2.36. The summed E-state index contributed by atoms with van der Waals surface area (Å²) in [6, 6.07) is 52.9. The second-order valence-corrected chi connectivity index (χ2v) is 39.5. The molecule has 14 nitrogen and oxygen atoms in total. The van der Waals surface area contributed by atoms with E-state index in [1.54, 1.807) is 0 Å². The first kappa shape index (κ1) is 98.6. The predicted molar refractivity (Wildman–Crippen MR) is 539 cm³/mol. The van der Waals surface area contributed by atoms with E-state index in [-0.39, 0.29) is 16.5 Å². The van der Waals surface area contributed by atoms with E-state index in [9.17, 15) is 0 Å². The average Bonchev–Trinajstić information content (AvgIpc) is 1.61. The molecule has 0 aliphatic heterocycles. The average molecular weight is 1690 g/mol. The van der Waals surface area contributed by atoms with Crippen molar-refractivity contribution in [2.45, 2.75) is 385 Å². The highest BCUT2D eigenvalue weighted by Gasteiger charge is 2.27. The van der Waals surface area contributed by atoms with Gasteiger partial charge in [-0.05, 0) is 163 Å². The van der Waals surface area contributed by atoms with E-state index in [0.29, 0.717) is 11.6 Å².